The molecular weight excluding hydrogens is 1390 g/mol. The van der Waals surface area contributed by atoms with E-state index in [-0.39, 0.29) is 25.7 Å². The average Bonchev–Trinajstić information content (AvgIpc) is 0.904. The van der Waals surface area contributed by atoms with Gasteiger partial charge in [0.15, 0.2) is 12.2 Å². The summed E-state index contributed by atoms with van der Waals surface area (Å²) in [6.45, 7) is 9.62. The van der Waals surface area contributed by atoms with Crippen LogP contribution in [0.15, 0.2) is 0 Å². The fourth-order valence-corrected chi connectivity index (χ4v) is 15.4. The van der Waals surface area contributed by atoms with Gasteiger partial charge in [-0.3, -0.25) is 37.3 Å². The van der Waals surface area contributed by atoms with Crippen LogP contribution in [0.1, 0.15) is 472 Å². The maximum absolute atomic E-state index is 13.2. The Morgan fingerprint density at radius 3 is 0.636 bits per heavy atom. The van der Waals surface area contributed by atoms with Gasteiger partial charge < -0.3 is 33.8 Å². The van der Waals surface area contributed by atoms with Crippen LogP contribution in [0.5, 0.6) is 0 Å². The Hall–Kier alpha value is -1.94. The first-order chi connectivity index (χ1) is 51.9. The number of rotatable bonds is 87. The number of aliphatic hydroxyl groups excluding tert-OH is 1. The number of aliphatic hydroxyl groups is 1. The molecule has 0 saturated carbocycles. The molecule has 0 aromatic carbocycles. The summed E-state index contributed by atoms with van der Waals surface area (Å²) in [5.41, 5.74) is 0. The van der Waals surface area contributed by atoms with Crippen LogP contribution in [0.25, 0.3) is 0 Å². The zero-order valence-corrected chi connectivity index (χ0v) is 72.2. The summed E-state index contributed by atoms with van der Waals surface area (Å²) >= 11 is 0. The fraction of sp³-hybridized carbons (Fsp3) is 0.955. The van der Waals surface area contributed by atoms with Crippen LogP contribution in [0, 0.1) is 11.8 Å². The first-order valence-electron chi connectivity index (χ1n) is 45.5. The predicted octanol–water partition coefficient (Wildman–Crippen LogP) is 27.0. The summed E-state index contributed by atoms with van der Waals surface area (Å²) in [5.74, 6) is -0.625. The van der Waals surface area contributed by atoms with Crippen molar-refractivity contribution in [2.75, 3.05) is 39.6 Å². The van der Waals surface area contributed by atoms with E-state index < -0.39 is 97.5 Å². The topological polar surface area (TPSA) is 237 Å². The maximum Gasteiger partial charge on any atom is 0.472 e. The lowest BCUT2D eigenvalue weighted by Gasteiger charge is -2.21. The van der Waals surface area contributed by atoms with Gasteiger partial charge in [-0.1, -0.05) is 420 Å². The molecule has 0 rings (SSSR count). The molecule has 636 valence electrons. The number of carbonyl (C=O) groups is 4. The Balaban J connectivity index is 5.21. The van der Waals surface area contributed by atoms with Gasteiger partial charge in [0.1, 0.15) is 19.3 Å². The van der Waals surface area contributed by atoms with Crippen molar-refractivity contribution in [2.45, 2.75) is 490 Å². The number of esters is 4. The molecular formula is C88H172O17P2. The molecule has 2 unspecified atom stereocenters. The van der Waals surface area contributed by atoms with Crippen LogP contribution in [0.2, 0.25) is 0 Å². The van der Waals surface area contributed by atoms with Crippen molar-refractivity contribution in [1.29, 1.82) is 0 Å². The van der Waals surface area contributed by atoms with Gasteiger partial charge >= 0.3 is 39.5 Å². The lowest BCUT2D eigenvalue weighted by atomic mass is 10.0. The van der Waals surface area contributed by atoms with Gasteiger partial charge in [-0.25, -0.2) is 9.13 Å². The van der Waals surface area contributed by atoms with Crippen LogP contribution in [0.3, 0.4) is 0 Å². The molecule has 0 amide bonds. The second kappa shape index (κ2) is 79.3. The molecule has 0 fully saturated rings. The van der Waals surface area contributed by atoms with Crippen LogP contribution in [-0.2, 0) is 65.4 Å². The normalized spacial score (nSPS) is 13.8. The van der Waals surface area contributed by atoms with Crippen LogP contribution >= 0.6 is 15.6 Å². The number of phosphoric acid groups is 2. The molecule has 0 spiro atoms. The van der Waals surface area contributed by atoms with Crippen LogP contribution < -0.4 is 0 Å². The van der Waals surface area contributed by atoms with E-state index in [1.54, 1.807) is 0 Å². The van der Waals surface area contributed by atoms with Crippen LogP contribution in [-0.4, -0.2) is 96.7 Å². The Morgan fingerprint density at radius 2 is 0.430 bits per heavy atom. The van der Waals surface area contributed by atoms with Crippen molar-refractivity contribution in [2.24, 2.45) is 11.8 Å². The molecule has 0 aliphatic carbocycles. The zero-order valence-electron chi connectivity index (χ0n) is 70.5. The second-order valence-corrected chi connectivity index (χ2v) is 35.5. The van der Waals surface area contributed by atoms with Crippen molar-refractivity contribution in [3.8, 4) is 0 Å². The molecule has 0 aromatic heterocycles. The molecule has 19 heteroatoms. The van der Waals surface area contributed by atoms with Gasteiger partial charge in [0, 0.05) is 25.7 Å². The highest BCUT2D eigenvalue weighted by Gasteiger charge is 2.30. The molecule has 0 radical (unpaired) electrons. The van der Waals surface area contributed by atoms with E-state index in [9.17, 15) is 43.2 Å². The van der Waals surface area contributed by atoms with E-state index in [1.807, 2.05) is 0 Å². The van der Waals surface area contributed by atoms with Gasteiger partial charge in [0.2, 0.25) is 0 Å². The number of hydrogen-bond acceptors (Lipinski definition) is 15. The third kappa shape index (κ3) is 81.9. The lowest BCUT2D eigenvalue weighted by molar-refractivity contribution is -0.161. The van der Waals surface area contributed by atoms with Gasteiger partial charge in [-0.2, -0.15) is 0 Å². The lowest BCUT2D eigenvalue weighted by Crippen LogP contribution is -2.30. The largest absolute Gasteiger partial charge is 0.472 e. The SMILES string of the molecule is CCCCCCCCCCCCCCCCCCCCCCCCC(=O)O[C@H](COC(=O)CCCCCCCCCCCCCCCCCCCCCCC)COP(=O)(O)OC[C@@H](O)COP(=O)(O)OC[C@@H](COC(=O)CCCCCCCCCCC(C)C)OC(=O)CCCCCCCCCCCCC(C)C. The Morgan fingerprint density at radius 1 is 0.252 bits per heavy atom. The number of carbonyl (C=O) groups excluding carboxylic acids is 4. The molecule has 5 atom stereocenters. The summed E-state index contributed by atoms with van der Waals surface area (Å²) in [6.07, 6.45) is 72.5. The van der Waals surface area contributed by atoms with Crippen molar-refractivity contribution >= 4 is 39.5 Å². The monoisotopic (exact) mass is 1560 g/mol. The minimum absolute atomic E-state index is 0.106. The Kier molecular flexibility index (Phi) is 77.9. The van der Waals surface area contributed by atoms with E-state index in [1.165, 1.54) is 289 Å². The molecule has 0 aromatic rings. The van der Waals surface area contributed by atoms with Gasteiger partial charge in [0.05, 0.1) is 26.4 Å². The minimum Gasteiger partial charge on any atom is -0.462 e. The highest BCUT2D eigenvalue weighted by molar-refractivity contribution is 7.47. The summed E-state index contributed by atoms with van der Waals surface area (Å²) in [6, 6.07) is 0. The number of ether oxygens (including phenoxy) is 4. The fourth-order valence-electron chi connectivity index (χ4n) is 13.8. The second-order valence-electron chi connectivity index (χ2n) is 32.6. The third-order valence-electron chi connectivity index (χ3n) is 20.7. The molecule has 0 aliphatic heterocycles. The summed E-state index contributed by atoms with van der Waals surface area (Å²) in [4.78, 5) is 73.2. The highest BCUT2D eigenvalue weighted by atomic mass is 31.2. The summed E-state index contributed by atoms with van der Waals surface area (Å²) in [7, 11) is -9.93. The third-order valence-corrected chi connectivity index (χ3v) is 22.6. The van der Waals surface area contributed by atoms with E-state index in [2.05, 4.69) is 41.5 Å². The predicted molar refractivity (Wildman–Crippen MR) is 442 cm³/mol. The zero-order chi connectivity index (χ0) is 78.5. The molecule has 0 aliphatic rings. The van der Waals surface area contributed by atoms with Crippen molar-refractivity contribution in [3.05, 3.63) is 0 Å². The minimum atomic E-state index is -4.97. The van der Waals surface area contributed by atoms with Crippen molar-refractivity contribution in [3.63, 3.8) is 0 Å². The highest BCUT2D eigenvalue weighted by Crippen LogP contribution is 2.45. The van der Waals surface area contributed by atoms with Crippen molar-refractivity contribution < 1.29 is 80.2 Å². The number of unbranched alkanes of at least 4 members (excludes halogenated alkanes) is 57. The molecule has 0 saturated heterocycles. The molecule has 107 heavy (non-hydrogen) atoms. The van der Waals surface area contributed by atoms with Gasteiger partial charge in [-0.15, -0.1) is 0 Å². The van der Waals surface area contributed by atoms with Gasteiger partial charge in [0.25, 0.3) is 0 Å². The first kappa shape index (κ1) is 105. The number of phosphoric ester groups is 2. The van der Waals surface area contributed by atoms with Gasteiger partial charge in [-0.05, 0) is 37.5 Å². The Labute approximate surface area is 658 Å². The van der Waals surface area contributed by atoms with E-state index in [4.69, 9.17) is 37.0 Å². The molecule has 17 nitrogen and oxygen atoms in total. The molecule has 0 bridgehead atoms. The van der Waals surface area contributed by atoms with Crippen molar-refractivity contribution in [1.82, 2.24) is 0 Å². The standard InChI is InChI=1S/C88H172O17P2/c1-7-9-11-13-15-17-19-21-23-25-27-29-31-33-35-37-39-41-46-54-60-66-72-87(92)104-83(76-98-85(90)70-64-58-52-45-40-38-36-34-32-30-28-26-24-22-20-18-16-14-12-10-8-2)78-102-106(94,95)100-74-82(89)75-101-107(96,97)103-79-84(77-99-86(91)71-65-59-53-49-48-51-57-63-69-81(5)6)105-88(93)73-67-61-55-47-43-42-44-50-56-62-68-80(3)4/h80-84,89H,7-79H2,1-6H3,(H,94,95)(H,96,97)/t82-,83-,84-/m1/s1. The molecule has 3 N–H and O–H groups in total. The quantitative estimate of drug-likeness (QED) is 0.0222. The van der Waals surface area contributed by atoms with Crippen LogP contribution in [0.4, 0.5) is 0 Å². The number of hydrogen-bond donors (Lipinski definition) is 3. The Bertz CT molecular complexity index is 2050. The summed E-state index contributed by atoms with van der Waals surface area (Å²) in [5, 5.41) is 10.7. The smallest absolute Gasteiger partial charge is 0.462 e. The first-order valence-corrected chi connectivity index (χ1v) is 48.5. The van der Waals surface area contributed by atoms with E-state index >= 15 is 0 Å². The summed E-state index contributed by atoms with van der Waals surface area (Å²) < 4.78 is 68.9. The van der Waals surface area contributed by atoms with E-state index in [0.717, 1.165) is 102 Å². The molecule has 0 heterocycles. The van der Waals surface area contributed by atoms with E-state index in [0.29, 0.717) is 25.7 Å². The maximum atomic E-state index is 13.2. The average molecular weight is 1560 g/mol.